The zero-order valence-electron chi connectivity index (χ0n) is 14.6. The van der Waals surface area contributed by atoms with Crippen LogP contribution in [0.2, 0.25) is 0 Å². The molecule has 0 bridgehead atoms. The summed E-state index contributed by atoms with van der Waals surface area (Å²) in [6, 6.07) is 6.55. The van der Waals surface area contributed by atoms with Crippen LogP contribution in [0.5, 0.6) is 0 Å². The summed E-state index contributed by atoms with van der Waals surface area (Å²) in [6.45, 7) is 1.52. The van der Waals surface area contributed by atoms with Gasteiger partial charge in [-0.2, -0.15) is 13.2 Å². The Balaban J connectivity index is 1.89. The van der Waals surface area contributed by atoms with Crippen LogP contribution in [0, 0.1) is 24.5 Å². The van der Waals surface area contributed by atoms with Crippen molar-refractivity contribution in [3.05, 3.63) is 45.6 Å². The van der Waals surface area contributed by atoms with Crippen molar-refractivity contribution >= 4 is 22.4 Å². The van der Waals surface area contributed by atoms with Gasteiger partial charge >= 0.3 is 17.3 Å². The van der Waals surface area contributed by atoms with Gasteiger partial charge in [-0.15, -0.1) is 11.5 Å². The molecule has 1 aromatic carbocycles. The van der Waals surface area contributed by atoms with Crippen LogP contribution in [0.15, 0.2) is 24.3 Å². The Kier molecular flexibility index (Phi) is 5.40. The predicted octanol–water partition coefficient (Wildman–Crippen LogP) is 2.76. The summed E-state index contributed by atoms with van der Waals surface area (Å²) in [4.78, 5) is 14.0. The fourth-order valence-corrected chi connectivity index (χ4v) is 3.58. The average molecular weight is 412 g/mol. The Hall–Kier alpha value is -2.52. The molecule has 0 spiro atoms. The highest BCUT2D eigenvalue weighted by atomic mass is 32.1. The molecule has 1 aliphatic heterocycles. The summed E-state index contributed by atoms with van der Waals surface area (Å²) in [6.07, 6.45) is -0.776. The van der Waals surface area contributed by atoms with E-state index in [0.717, 1.165) is 5.56 Å². The molecule has 28 heavy (non-hydrogen) atoms. The number of aryl methyl sites for hydroxylation is 1. The minimum absolute atomic E-state index is 0.0355. The highest BCUT2D eigenvalue weighted by molar-refractivity contribution is 7.15. The van der Waals surface area contributed by atoms with Gasteiger partial charge in [0, 0.05) is 0 Å². The molecule has 2 heterocycles. The standard InChI is InChI=1S/C17H15F3N4O3S/c1-3-7-23-9-13(27-14(25)12-6-4-5-11(2)8-12)24(26,10-23)16-22-21-15(28-16)17(18,19)20/h1,4-6,8,13H,7,9-10H2,2H3. The van der Waals surface area contributed by atoms with Crippen molar-refractivity contribution in [3.63, 3.8) is 0 Å². The first-order chi connectivity index (χ1) is 13.1. The van der Waals surface area contributed by atoms with Crippen LogP contribution in [-0.4, -0.2) is 47.1 Å². The second-order valence-corrected chi connectivity index (χ2v) is 7.23. The minimum atomic E-state index is -4.72. The van der Waals surface area contributed by atoms with Crippen LogP contribution < -0.4 is 4.65 Å². The molecule has 0 saturated carbocycles. The zero-order valence-corrected chi connectivity index (χ0v) is 15.5. The van der Waals surface area contributed by atoms with E-state index in [1.54, 1.807) is 25.1 Å². The maximum atomic E-state index is 13.4. The van der Waals surface area contributed by atoms with E-state index >= 15 is 0 Å². The molecule has 0 amide bonds. The molecular formula is C17H15F3N4O3S. The van der Waals surface area contributed by atoms with Crippen molar-refractivity contribution in [1.29, 1.82) is 0 Å². The number of carbonyl (C=O) groups excluding carboxylic acids is 1. The normalized spacial score (nSPS) is 22.8. The summed E-state index contributed by atoms with van der Waals surface area (Å²) >= 11 is 0.128. The largest absolute Gasteiger partial charge is 0.622 e. The first-order valence-electron chi connectivity index (χ1n) is 8.07. The molecule has 1 saturated heterocycles. The number of hydroxylamine groups is 2. The van der Waals surface area contributed by atoms with Crippen LogP contribution in [0.4, 0.5) is 18.3 Å². The van der Waals surface area contributed by atoms with Gasteiger partial charge in [-0.1, -0.05) is 28.7 Å². The number of hydrogen-bond acceptors (Lipinski definition) is 7. The Bertz CT molecular complexity index is 927. The van der Waals surface area contributed by atoms with Crippen molar-refractivity contribution < 1.29 is 22.7 Å². The van der Waals surface area contributed by atoms with Crippen molar-refractivity contribution in [2.24, 2.45) is 0 Å². The molecule has 0 aliphatic carbocycles. The molecule has 2 unspecified atom stereocenters. The number of halogens is 3. The maximum absolute atomic E-state index is 13.4. The fraction of sp³-hybridized carbons (Fsp3) is 0.353. The van der Waals surface area contributed by atoms with Crippen molar-refractivity contribution in [2.75, 3.05) is 19.8 Å². The number of nitrogens with zero attached hydrogens (tertiary/aromatic N) is 4. The lowest BCUT2D eigenvalue weighted by atomic mass is 10.1. The topological polar surface area (TPSA) is 78.4 Å². The molecule has 148 valence electrons. The summed E-state index contributed by atoms with van der Waals surface area (Å²) < 4.78 is 42.5. The first kappa shape index (κ1) is 20.2. The van der Waals surface area contributed by atoms with Gasteiger partial charge in [-0.25, -0.2) is 9.69 Å². The third-order valence-electron chi connectivity index (χ3n) is 4.08. The van der Waals surface area contributed by atoms with Gasteiger partial charge in [-0.3, -0.25) is 4.65 Å². The number of terminal acetylenes is 1. The van der Waals surface area contributed by atoms with E-state index in [-0.39, 0.29) is 36.7 Å². The van der Waals surface area contributed by atoms with E-state index in [9.17, 15) is 23.2 Å². The Morgan fingerprint density at radius 1 is 1.50 bits per heavy atom. The highest BCUT2D eigenvalue weighted by Crippen LogP contribution is 2.39. The van der Waals surface area contributed by atoms with Crippen molar-refractivity contribution in [2.45, 2.75) is 19.3 Å². The molecule has 0 N–H and O–H groups in total. The van der Waals surface area contributed by atoms with Gasteiger partial charge in [0.2, 0.25) is 5.01 Å². The maximum Gasteiger partial charge on any atom is 0.445 e. The zero-order chi connectivity index (χ0) is 20.5. The number of rotatable bonds is 4. The monoisotopic (exact) mass is 412 g/mol. The molecule has 1 aromatic heterocycles. The summed E-state index contributed by atoms with van der Waals surface area (Å²) in [7, 11) is 0. The van der Waals surface area contributed by atoms with Crippen LogP contribution in [0.3, 0.4) is 0 Å². The molecule has 0 radical (unpaired) electrons. The molecule has 7 nitrogen and oxygen atoms in total. The number of hydrogen-bond donors (Lipinski definition) is 0. The van der Waals surface area contributed by atoms with E-state index in [0.29, 0.717) is 0 Å². The SMILES string of the molecule is C#CCN1CC(OC(=O)c2cccc(C)c2)[N+]([O-])(c2nnc(C(F)(F)F)s2)C1. The van der Waals surface area contributed by atoms with Gasteiger partial charge < -0.3 is 9.94 Å². The fourth-order valence-electron chi connectivity index (χ4n) is 2.80. The van der Waals surface area contributed by atoms with Gasteiger partial charge in [0.1, 0.15) is 6.67 Å². The van der Waals surface area contributed by atoms with Crippen LogP contribution >= 0.6 is 11.3 Å². The first-order valence-corrected chi connectivity index (χ1v) is 8.88. The number of ether oxygens (including phenoxy) is 1. The highest BCUT2D eigenvalue weighted by Gasteiger charge is 2.48. The molecule has 1 aliphatic rings. The van der Waals surface area contributed by atoms with Crippen LogP contribution in [0.25, 0.3) is 0 Å². The average Bonchev–Trinajstić information content (AvgIpc) is 3.22. The second-order valence-electron chi connectivity index (χ2n) is 6.27. The molecular weight excluding hydrogens is 397 g/mol. The van der Waals surface area contributed by atoms with Crippen molar-refractivity contribution in [3.8, 4) is 12.3 Å². The molecule has 2 atom stereocenters. The molecule has 11 heteroatoms. The molecule has 1 fully saturated rings. The summed E-state index contributed by atoms with van der Waals surface area (Å²) in [5.74, 6) is 1.61. The number of aromatic nitrogens is 2. The smallest absolute Gasteiger partial charge is 0.445 e. The number of carbonyl (C=O) groups is 1. The summed E-state index contributed by atoms with van der Waals surface area (Å²) in [5, 5.41) is 18.2. The Morgan fingerprint density at radius 2 is 2.25 bits per heavy atom. The lowest BCUT2D eigenvalue weighted by Crippen LogP contribution is -2.50. The van der Waals surface area contributed by atoms with E-state index in [1.165, 1.54) is 11.0 Å². The lowest BCUT2D eigenvalue weighted by molar-refractivity contribution is -0.138. The van der Waals surface area contributed by atoms with Gasteiger partial charge in [0.15, 0.2) is 0 Å². The second kappa shape index (κ2) is 7.48. The van der Waals surface area contributed by atoms with Gasteiger partial charge in [0.25, 0.3) is 6.23 Å². The summed E-state index contributed by atoms with van der Waals surface area (Å²) in [5.41, 5.74) is 1.05. The number of esters is 1. The van der Waals surface area contributed by atoms with E-state index in [4.69, 9.17) is 11.2 Å². The Morgan fingerprint density at radius 3 is 2.86 bits per heavy atom. The quantitative estimate of drug-likeness (QED) is 0.333. The van der Waals surface area contributed by atoms with Gasteiger partial charge in [-0.05, 0) is 30.4 Å². The van der Waals surface area contributed by atoms with Crippen LogP contribution in [0.1, 0.15) is 20.9 Å². The minimum Gasteiger partial charge on any atom is -0.622 e. The number of quaternary nitrogens is 1. The Labute approximate surface area is 162 Å². The number of alkyl halides is 3. The number of benzene rings is 1. The van der Waals surface area contributed by atoms with E-state index in [1.807, 2.05) is 0 Å². The van der Waals surface area contributed by atoms with E-state index < -0.39 is 33.2 Å². The van der Waals surface area contributed by atoms with E-state index in [2.05, 4.69) is 16.1 Å². The van der Waals surface area contributed by atoms with Crippen molar-refractivity contribution in [1.82, 2.24) is 19.7 Å². The lowest BCUT2D eigenvalue weighted by Gasteiger charge is -2.38. The molecule has 3 rings (SSSR count). The van der Waals surface area contributed by atoms with Crippen LogP contribution in [-0.2, 0) is 10.9 Å². The molecule has 2 aromatic rings. The third-order valence-corrected chi connectivity index (χ3v) is 5.16. The third kappa shape index (κ3) is 4.00. The predicted molar refractivity (Wildman–Crippen MR) is 95.7 cm³/mol. The van der Waals surface area contributed by atoms with Gasteiger partial charge in [0.05, 0.1) is 18.7 Å².